The van der Waals surface area contributed by atoms with Gasteiger partial charge in [-0.3, -0.25) is 19.3 Å². The highest BCUT2D eigenvalue weighted by Crippen LogP contribution is 2.20. The van der Waals surface area contributed by atoms with Gasteiger partial charge in [0, 0.05) is 13.5 Å². The van der Waals surface area contributed by atoms with Crippen molar-refractivity contribution in [3.05, 3.63) is 0 Å². The number of hydrogen-bond donors (Lipinski definition) is 1. The molecule has 1 saturated heterocycles. The number of carbonyl (C=O) groups excluding carboxylic acids is 3. The molecule has 78 valence electrons. The predicted molar refractivity (Wildman–Crippen MR) is 49.2 cm³/mol. The molecule has 0 aromatic heterocycles. The van der Waals surface area contributed by atoms with E-state index < -0.39 is 17.9 Å². The second-order valence-corrected chi connectivity index (χ2v) is 3.46. The van der Waals surface area contributed by atoms with Crippen LogP contribution in [0.3, 0.4) is 0 Å². The third-order valence-electron chi connectivity index (χ3n) is 2.53. The van der Waals surface area contributed by atoms with E-state index in [0.29, 0.717) is 6.42 Å². The van der Waals surface area contributed by atoms with Gasteiger partial charge < -0.3 is 5.73 Å². The molecular formula is C9H14N2O3. The molecule has 1 aliphatic heterocycles. The molecule has 2 amide bonds. The van der Waals surface area contributed by atoms with Gasteiger partial charge in [0.15, 0.2) is 5.78 Å². The Balaban J connectivity index is 2.76. The summed E-state index contributed by atoms with van der Waals surface area (Å²) in [6, 6.07) is -0.636. The summed E-state index contributed by atoms with van der Waals surface area (Å²) >= 11 is 0. The van der Waals surface area contributed by atoms with E-state index in [1.807, 2.05) is 0 Å². The second kappa shape index (κ2) is 3.88. The average molecular weight is 198 g/mol. The minimum atomic E-state index is -0.845. The van der Waals surface area contributed by atoms with Crippen LogP contribution < -0.4 is 5.73 Å². The van der Waals surface area contributed by atoms with Crippen molar-refractivity contribution in [1.29, 1.82) is 0 Å². The van der Waals surface area contributed by atoms with Gasteiger partial charge in [-0.2, -0.15) is 0 Å². The molecule has 2 atom stereocenters. The lowest BCUT2D eigenvalue weighted by Crippen LogP contribution is -2.38. The fourth-order valence-electron chi connectivity index (χ4n) is 1.44. The van der Waals surface area contributed by atoms with E-state index >= 15 is 0 Å². The SMILES string of the molecule is CCC(N)C(=O)C1CC(=O)N(C)C1=O. The minimum absolute atomic E-state index is 0.0259. The summed E-state index contributed by atoms with van der Waals surface area (Å²) in [6.45, 7) is 1.77. The standard InChI is InChI=1S/C9H14N2O3/c1-3-6(10)8(13)5-4-7(12)11(2)9(5)14/h5-6H,3-4,10H2,1-2H3. The Morgan fingerprint density at radius 1 is 1.64 bits per heavy atom. The lowest BCUT2D eigenvalue weighted by atomic mass is 9.96. The van der Waals surface area contributed by atoms with Crippen molar-refractivity contribution in [3.8, 4) is 0 Å². The summed E-state index contributed by atoms with van der Waals surface area (Å²) in [5.41, 5.74) is 5.52. The number of Topliss-reactive ketones (excluding diaryl/α,β-unsaturated/α-hetero) is 1. The zero-order valence-corrected chi connectivity index (χ0v) is 8.32. The van der Waals surface area contributed by atoms with Crippen molar-refractivity contribution >= 4 is 17.6 Å². The quantitative estimate of drug-likeness (QED) is 0.480. The summed E-state index contributed by atoms with van der Waals surface area (Å²) < 4.78 is 0. The Bertz CT molecular complexity index is 288. The molecule has 2 unspecified atom stereocenters. The molecule has 2 N–H and O–H groups in total. The van der Waals surface area contributed by atoms with Crippen LogP contribution in [0.5, 0.6) is 0 Å². The van der Waals surface area contributed by atoms with Gasteiger partial charge in [0.2, 0.25) is 11.8 Å². The number of ketones is 1. The Kier molecular flexibility index (Phi) is 3.00. The van der Waals surface area contributed by atoms with Crippen LogP contribution >= 0.6 is 0 Å². The molecule has 0 aromatic carbocycles. The van der Waals surface area contributed by atoms with Gasteiger partial charge in [-0.1, -0.05) is 6.92 Å². The summed E-state index contributed by atoms with van der Waals surface area (Å²) in [5.74, 6) is -1.90. The lowest BCUT2D eigenvalue weighted by molar-refractivity contribution is -0.139. The van der Waals surface area contributed by atoms with Crippen LogP contribution in [0.25, 0.3) is 0 Å². The lowest BCUT2D eigenvalue weighted by Gasteiger charge is -2.11. The second-order valence-electron chi connectivity index (χ2n) is 3.46. The number of likely N-dealkylation sites (tertiary alicyclic amines) is 1. The third kappa shape index (κ3) is 1.68. The van der Waals surface area contributed by atoms with Crippen molar-refractivity contribution in [2.24, 2.45) is 11.7 Å². The molecule has 1 fully saturated rings. The predicted octanol–water partition coefficient (Wildman–Crippen LogP) is -0.702. The highest BCUT2D eigenvalue weighted by Gasteiger charge is 2.41. The maximum Gasteiger partial charge on any atom is 0.240 e. The number of rotatable bonds is 3. The fraction of sp³-hybridized carbons (Fsp3) is 0.667. The van der Waals surface area contributed by atoms with E-state index in [1.165, 1.54) is 7.05 Å². The first-order valence-electron chi connectivity index (χ1n) is 4.58. The van der Waals surface area contributed by atoms with Crippen molar-refractivity contribution in [2.75, 3.05) is 7.05 Å². The number of imide groups is 1. The number of nitrogens with two attached hydrogens (primary N) is 1. The molecule has 0 aromatic rings. The molecule has 1 rings (SSSR count). The topological polar surface area (TPSA) is 80.5 Å². The molecule has 0 spiro atoms. The summed E-state index contributed by atoms with van der Waals surface area (Å²) in [5, 5.41) is 0. The Morgan fingerprint density at radius 3 is 2.57 bits per heavy atom. The molecule has 0 radical (unpaired) electrons. The van der Waals surface area contributed by atoms with Crippen LogP contribution in [0.1, 0.15) is 19.8 Å². The van der Waals surface area contributed by atoms with Gasteiger partial charge in [-0.15, -0.1) is 0 Å². The van der Waals surface area contributed by atoms with Crippen LogP contribution in [0.2, 0.25) is 0 Å². The van der Waals surface area contributed by atoms with Crippen LogP contribution in [-0.4, -0.2) is 35.6 Å². The maximum absolute atomic E-state index is 11.6. The summed E-state index contributed by atoms with van der Waals surface area (Å²) in [6.07, 6.45) is 0.461. The molecule has 5 nitrogen and oxygen atoms in total. The molecule has 0 aliphatic carbocycles. The Labute approximate surface area is 82.2 Å². The third-order valence-corrected chi connectivity index (χ3v) is 2.53. The zero-order valence-electron chi connectivity index (χ0n) is 8.32. The Morgan fingerprint density at radius 2 is 2.21 bits per heavy atom. The van der Waals surface area contributed by atoms with E-state index in [9.17, 15) is 14.4 Å². The minimum Gasteiger partial charge on any atom is -0.321 e. The van der Waals surface area contributed by atoms with Gasteiger partial charge >= 0.3 is 0 Å². The van der Waals surface area contributed by atoms with Crippen molar-refractivity contribution in [1.82, 2.24) is 4.90 Å². The maximum atomic E-state index is 11.6. The summed E-state index contributed by atoms with van der Waals surface area (Å²) in [7, 11) is 1.38. The van der Waals surface area contributed by atoms with E-state index in [4.69, 9.17) is 5.73 Å². The van der Waals surface area contributed by atoms with E-state index in [0.717, 1.165) is 4.90 Å². The molecule has 14 heavy (non-hydrogen) atoms. The fourth-order valence-corrected chi connectivity index (χ4v) is 1.44. The number of hydrogen-bond acceptors (Lipinski definition) is 4. The van der Waals surface area contributed by atoms with Crippen molar-refractivity contribution < 1.29 is 14.4 Å². The number of carbonyl (C=O) groups is 3. The molecular weight excluding hydrogens is 184 g/mol. The normalized spacial score (nSPS) is 24.2. The monoisotopic (exact) mass is 198 g/mol. The summed E-state index contributed by atoms with van der Waals surface area (Å²) in [4.78, 5) is 35.1. The van der Waals surface area contributed by atoms with Crippen LogP contribution in [-0.2, 0) is 14.4 Å². The highest BCUT2D eigenvalue weighted by atomic mass is 16.2. The Hall–Kier alpha value is -1.23. The number of nitrogens with zero attached hydrogens (tertiary/aromatic N) is 1. The van der Waals surface area contributed by atoms with Gasteiger partial charge in [0.1, 0.15) is 5.92 Å². The van der Waals surface area contributed by atoms with E-state index in [-0.39, 0.29) is 18.1 Å². The van der Waals surface area contributed by atoms with Crippen LogP contribution in [0.4, 0.5) is 0 Å². The van der Waals surface area contributed by atoms with Gasteiger partial charge in [0.05, 0.1) is 6.04 Å². The smallest absolute Gasteiger partial charge is 0.240 e. The van der Waals surface area contributed by atoms with Crippen molar-refractivity contribution in [3.63, 3.8) is 0 Å². The first-order chi connectivity index (χ1) is 6.49. The van der Waals surface area contributed by atoms with E-state index in [1.54, 1.807) is 6.92 Å². The largest absolute Gasteiger partial charge is 0.321 e. The van der Waals surface area contributed by atoms with Gasteiger partial charge in [-0.05, 0) is 6.42 Å². The zero-order chi connectivity index (χ0) is 10.9. The average Bonchev–Trinajstić information content (AvgIpc) is 2.43. The number of amides is 2. The molecule has 0 saturated carbocycles. The van der Waals surface area contributed by atoms with E-state index in [2.05, 4.69) is 0 Å². The van der Waals surface area contributed by atoms with Crippen LogP contribution in [0, 0.1) is 5.92 Å². The molecule has 1 heterocycles. The van der Waals surface area contributed by atoms with Gasteiger partial charge in [-0.25, -0.2) is 0 Å². The molecule has 1 aliphatic rings. The molecule has 5 heteroatoms. The molecule has 0 bridgehead atoms. The van der Waals surface area contributed by atoms with Gasteiger partial charge in [0.25, 0.3) is 0 Å². The van der Waals surface area contributed by atoms with Crippen molar-refractivity contribution in [2.45, 2.75) is 25.8 Å². The first kappa shape index (κ1) is 10.8. The highest BCUT2D eigenvalue weighted by molar-refractivity contribution is 6.15. The first-order valence-corrected chi connectivity index (χ1v) is 4.58. The van der Waals surface area contributed by atoms with Crippen LogP contribution in [0.15, 0.2) is 0 Å².